The summed E-state index contributed by atoms with van der Waals surface area (Å²) in [5, 5.41) is 9.43. The number of amides is 1. The fourth-order valence-corrected chi connectivity index (χ4v) is 2.16. The normalized spacial score (nSPS) is 11.0. The molecular weight excluding hydrogens is 306 g/mol. The first-order valence-corrected chi connectivity index (χ1v) is 7.84. The fourth-order valence-electron chi connectivity index (χ4n) is 2.16. The smallest absolute Gasteiger partial charge is 0.248 e. The zero-order valence-corrected chi connectivity index (χ0v) is 13.6. The highest BCUT2D eigenvalue weighted by atomic mass is 16.4. The van der Waals surface area contributed by atoms with Crippen molar-refractivity contribution in [2.24, 2.45) is 0 Å². The van der Waals surface area contributed by atoms with Crippen molar-refractivity contribution in [1.29, 1.82) is 0 Å². The molecule has 2 N–H and O–H groups in total. The fraction of sp³-hybridized carbons (Fsp3) is 0.294. The lowest BCUT2D eigenvalue weighted by atomic mass is 10.2. The standard InChI is InChI=1S/C17H19N5O2/c1-11(2)16-20-17(22-21-16)19-14(23)8-9-15-18-10-13(24-15)12-6-4-3-5-7-12/h3-7,10-11H,8-9H2,1-2H3,(H2,19,20,21,22,23). The van der Waals surface area contributed by atoms with Gasteiger partial charge in [0.15, 0.2) is 11.7 Å². The van der Waals surface area contributed by atoms with E-state index in [4.69, 9.17) is 4.42 Å². The van der Waals surface area contributed by atoms with Crippen LogP contribution in [0.25, 0.3) is 11.3 Å². The van der Waals surface area contributed by atoms with Crippen molar-refractivity contribution in [3.63, 3.8) is 0 Å². The maximum Gasteiger partial charge on any atom is 0.248 e. The molecule has 24 heavy (non-hydrogen) atoms. The number of nitrogens with zero attached hydrogens (tertiary/aromatic N) is 3. The van der Waals surface area contributed by atoms with Crippen molar-refractivity contribution in [1.82, 2.24) is 20.2 Å². The van der Waals surface area contributed by atoms with Gasteiger partial charge in [-0.15, -0.1) is 5.10 Å². The lowest BCUT2D eigenvalue weighted by Crippen LogP contribution is -2.13. The Morgan fingerprint density at radius 1 is 1.29 bits per heavy atom. The van der Waals surface area contributed by atoms with Gasteiger partial charge >= 0.3 is 0 Å². The van der Waals surface area contributed by atoms with E-state index in [9.17, 15) is 4.79 Å². The van der Waals surface area contributed by atoms with Gasteiger partial charge in [0.05, 0.1) is 6.20 Å². The summed E-state index contributed by atoms with van der Waals surface area (Å²) in [4.78, 5) is 20.4. The highest BCUT2D eigenvalue weighted by molar-refractivity contribution is 5.88. The van der Waals surface area contributed by atoms with Gasteiger partial charge in [-0.3, -0.25) is 15.2 Å². The van der Waals surface area contributed by atoms with E-state index in [1.165, 1.54) is 0 Å². The molecule has 0 spiro atoms. The highest BCUT2D eigenvalue weighted by Crippen LogP contribution is 2.20. The average molecular weight is 325 g/mol. The number of aryl methyl sites for hydroxylation is 1. The van der Waals surface area contributed by atoms with Gasteiger partial charge in [-0.25, -0.2) is 4.98 Å². The van der Waals surface area contributed by atoms with E-state index >= 15 is 0 Å². The van der Waals surface area contributed by atoms with E-state index in [0.29, 0.717) is 24.0 Å². The van der Waals surface area contributed by atoms with Gasteiger partial charge in [0.2, 0.25) is 11.9 Å². The van der Waals surface area contributed by atoms with Crippen LogP contribution in [0.1, 0.15) is 37.9 Å². The monoisotopic (exact) mass is 325 g/mol. The van der Waals surface area contributed by atoms with Crippen LogP contribution in [0.5, 0.6) is 0 Å². The molecule has 2 heterocycles. The molecule has 7 nitrogen and oxygen atoms in total. The summed E-state index contributed by atoms with van der Waals surface area (Å²) in [5.41, 5.74) is 0.961. The minimum absolute atomic E-state index is 0.177. The first-order chi connectivity index (χ1) is 11.6. The minimum atomic E-state index is -0.177. The van der Waals surface area contributed by atoms with Gasteiger partial charge < -0.3 is 4.42 Å². The van der Waals surface area contributed by atoms with Crippen LogP contribution in [-0.4, -0.2) is 26.1 Å². The summed E-state index contributed by atoms with van der Waals surface area (Å²) in [6.07, 6.45) is 2.34. The number of hydrogen-bond acceptors (Lipinski definition) is 5. The lowest BCUT2D eigenvalue weighted by Gasteiger charge is -1.99. The van der Waals surface area contributed by atoms with Crippen molar-refractivity contribution in [3.05, 3.63) is 48.2 Å². The van der Waals surface area contributed by atoms with Crippen LogP contribution in [0.2, 0.25) is 0 Å². The van der Waals surface area contributed by atoms with E-state index in [0.717, 1.165) is 11.4 Å². The molecule has 1 aromatic carbocycles. The number of rotatable bonds is 6. The molecule has 0 bridgehead atoms. The zero-order chi connectivity index (χ0) is 16.9. The second-order valence-electron chi connectivity index (χ2n) is 5.73. The number of benzene rings is 1. The van der Waals surface area contributed by atoms with Crippen LogP contribution in [0.3, 0.4) is 0 Å². The van der Waals surface area contributed by atoms with Crippen molar-refractivity contribution in [3.8, 4) is 11.3 Å². The summed E-state index contributed by atoms with van der Waals surface area (Å²) >= 11 is 0. The number of nitrogens with one attached hydrogen (secondary N) is 2. The number of anilines is 1. The molecule has 0 saturated heterocycles. The predicted octanol–water partition coefficient (Wildman–Crippen LogP) is 3.15. The number of oxazole rings is 1. The summed E-state index contributed by atoms with van der Waals surface area (Å²) in [7, 11) is 0. The SMILES string of the molecule is CC(C)c1nc(NC(=O)CCc2ncc(-c3ccccc3)o2)n[nH]1. The Bertz CT molecular complexity index is 807. The quantitative estimate of drug-likeness (QED) is 0.725. The molecule has 0 atom stereocenters. The lowest BCUT2D eigenvalue weighted by molar-refractivity contribution is -0.116. The zero-order valence-electron chi connectivity index (χ0n) is 13.6. The van der Waals surface area contributed by atoms with E-state index in [1.54, 1.807) is 6.20 Å². The van der Waals surface area contributed by atoms with Gasteiger partial charge in [-0.2, -0.15) is 4.98 Å². The summed E-state index contributed by atoms with van der Waals surface area (Å²) in [5.74, 6) is 2.31. The van der Waals surface area contributed by atoms with Gasteiger partial charge in [0.25, 0.3) is 0 Å². The summed E-state index contributed by atoms with van der Waals surface area (Å²) in [6.45, 7) is 4.00. The molecule has 0 aliphatic carbocycles. The van der Waals surface area contributed by atoms with Gasteiger partial charge in [-0.1, -0.05) is 44.2 Å². The maximum atomic E-state index is 12.0. The van der Waals surface area contributed by atoms with Crippen molar-refractivity contribution in [2.45, 2.75) is 32.6 Å². The van der Waals surface area contributed by atoms with Crippen molar-refractivity contribution in [2.75, 3.05) is 5.32 Å². The first-order valence-electron chi connectivity index (χ1n) is 7.84. The maximum absolute atomic E-state index is 12.0. The van der Waals surface area contributed by atoms with Crippen LogP contribution < -0.4 is 5.32 Å². The topological polar surface area (TPSA) is 96.7 Å². The molecule has 3 rings (SSSR count). The molecule has 2 aromatic heterocycles. The molecule has 124 valence electrons. The number of hydrogen-bond donors (Lipinski definition) is 2. The second kappa shape index (κ2) is 7.08. The minimum Gasteiger partial charge on any atom is -0.441 e. The van der Waals surface area contributed by atoms with E-state index < -0.39 is 0 Å². The number of H-pyrrole nitrogens is 1. The van der Waals surface area contributed by atoms with E-state index in [2.05, 4.69) is 25.5 Å². The molecule has 0 fully saturated rings. The Kier molecular flexibility index (Phi) is 4.69. The molecular formula is C17H19N5O2. The summed E-state index contributed by atoms with van der Waals surface area (Å²) in [6, 6.07) is 9.72. The molecule has 3 aromatic rings. The molecule has 0 saturated carbocycles. The molecule has 7 heteroatoms. The molecule has 0 radical (unpaired) electrons. The number of carbonyl (C=O) groups excluding carboxylic acids is 1. The molecule has 0 unspecified atom stereocenters. The largest absolute Gasteiger partial charge is 0.441 e. The van der Waals surface area contributed by atoms with E-state index in [-0.39, 0.29) is 18.2 Å². The van der Waals surface area contributed by atoms with Crippen LogP contribution in [-0.2, 0) is 11.2 Å². The third-order valence-corrected chi connectivity index (χ3v) is 3.48. The van der Waals surface area contributed by atoms with Gasteiger partial charge in [0.1, 0.15) is 5.82 Å². The Balaban J connectivity index is 1.54. The van der Waals surface area contributed by atoms with Gasteiger partial charge in [-0.05, 0) is 0 Å². The van der Waals surface area contributed by atoms with Crippen molar-refractivity contribution < 1.29 is 9.21 Å². The number of aromatic amines is 1. The highest BCUT2D eigenvalue weighted by Gasteiger charge is 2.12. The summed E-state index contributed by atoms with van der Waals surface area (Å²) < 4.78 is 5.68. The molecule has 0 aliphatic rings. The molecule has 1 amide bonds. The first kappa shape index (κ1) is 15.9. The number of aromatic nitrogens is 4. The average Bonchev–Trinajstić information content (AvgIpc) is 3.23. The van der Waals surface area contributed by atoms with Crippen LogP contribution in [0.15, 0.2) is 40.9 Å². The van der Waals surface area contributed by atoms with E-state index in [1.807, 2.05) is 44.2 Å². The Labute approximate surface area is 139 Å². The van der Waals surface area contributed by atoms with Crippen molar-refractivity contribution >= 4 is 11.9 Å². The van der Waals surface area contributed by atoms with Crippen LogP contribution >= 0.6 is 0 Å². The Hall–Kier alpha value is -2.96. The predicted molar refractivity (Wildman–Crippen MR) is 89.4 cm³/mol. The third kappa shape index (κ3) is 3.87. The van der Waals surface area contributed by atoms with Crippen LogP contribution in [0, 0.1) is 0 Å². The van der Waals surface area contributed by atoms with Crippen LogP contribution in [0.4, 0.5) is 5.95 Å². The van der Waals surface area contributed by atoms with Gasteiger partial charge in [0, 0.05) is 24.3 Å². The Morgan fingerprint density at radius 3 is 2.79 bits per heavy atom. The molecule has 0 aliphatic heterocycles. The second-order valence-corrected chi connectivity index (χ2v) is 5.73. The number of carbonyl (C=O) groups is 1. The Morgan fingerprint density at radius 2 is 2.08 bits per heavy atom. The third-order valence-electron chi connectivity index (χ3n) is 3.48.